The lowest BCUT2D eigenvalue weighted by Crippen LogP contribution is -2.18. The average Bonchev–Trinajstić information content (AvgIpc) is 2.75. The van der Waals surface area contributed by atoms with Crippen molar-refractivity contribution in [3.05, 3.63) is 99.5 Å². The van der Waals surface area contributed by atoms with E-state index in [1.54, 1.807) is 24.3 Å². The molecule has 0 saturated carbocycles. The maximum Gasteiger partial charge on any atom is 0.336 e. The molecule has 0 heterocycles. The van der Waals surface area contributed by atoms with Gasteiger partial charge in [0.2, 0.25) is 0 Å². The van der Waals surface area contributed by atoms with E-state index in [4.69, 9.17) is 16.3 Å². The molecule has 0 unspecified atom stereocenters. The number of hydrazone groups is 1. The predicted molar refractivity (Wildman–Crippen MR) is 125 cm³/mol. The van der Waals surface area contributed by atoms with Crippen molar-refractivity contribution < 1.29 is 17.9 Å². The van der Waals surface area contributed by atoms with Crippen molar-refractivity contribution >= 4 is 55.8 Å². The minimum absolute atomic E-state index is 0.0148. The second-order valence-corrected chi connectivity index (χ2v) is 9.17. The van der Waals surface area contributed by atoms with Crippen LogP contribution in [0, 0.1) is 0 Å². The predicted octanol–water partition coefficient (Wildman–Crippen LogP) is 5.03. The summed E-state index contributed by atoms with van der Waals surface area (Å²) in [5.41, 5.74) is 1.25. The number of esters is 1. The summed E-state index contributed by atoms with van der Waals surface area (Å²) in [7, 11) is -3.87. The quantitative estimate of drug-likeness (QED) is 0.156. The van der Waals surface area contributed by atoms with Crippen LogP contribution in [0.5, 0.6) is 5.75 Å². The molecule has 6 nitrogen and oxygen atoms in total. The summed E-state index contributed by atoms with van der Waals surface area (Å²) in [6, 6.07) is 19.9. The van der Waals surface area contributed by atoms with E-state index >= 15 is 0 Å². The first-order chi connectivity index (χ1) is 14.8. The van der Waals surface area contributed by atoms with Crippen molar-refractivity contribution in [2.75, 3.05) is 0 Å². The van der Waals surface area contributed by atoms with Crippen LogP contribution in [0.4, 0.5) is 0 Å². The first-order valence-electron chi connectivity index (χ1n) is 8.88. The highest BCUT2D eigenvalue weighted by molar-refractivity contribution is 9.10. The summed E-state index contributed by atoms with van der Waals surface area (Å²) in [6.45, 7) is 0. The van der Waals surface area contributed by atoms with Gasteiger partial charge in [0.05, 0.1) is 11.1 Å². The van der Waals surface area contributed by atoms with Crippen LogP contribution in [0.3, 0.4) is 0 Å². The molecule has 1 N–H and O–H groups in total. The topological polar surface area (TPSA) is 84.8 Å². The van der Waals surface area contributed by atoms with Gasteiger partial charge in [0.1, 0.15) is 5.75 Å². The maximum atomic E-state index is 12.3. The summed E-state index contributed by atoms with van der Waals surface area (Å²) < 4.78 is 30.7. The molecule has 9 heteroatoms. The molecule has 3 aromatic rings. The smallest absolute Gasteiger partial charge is 0.336 e. The van der Waals surface area contributed by atoms with Gasteiger partial charge in [-0.05, 0) is 54.1 Å². The van der Waals surface area contributed by atoms with Gasteiger partial charge in [0.15, 0.2) is 0 Å². The van der Waals surface area contributed by atoms with Crippen molar-refractivity contribution in [1.82, 2.24) is 4.83 Å². The minimum atomic E-state index is -3.87. The third-order valence-electron chi connectivity index (χ3n) is 3.89. The lowest BCUT2D eigenvalue weighted by atomic mass is 10.2. The van der Waals surface area contributed by atoms with Gasteiger partial charge < -0.3 is 4.74 Å². The molecular weight excluding hydrogens is 504 g/mol. The Labute approximate surface area is 193 Å². The fourth-order valence-electron chi connectivity index (χ4n) is 2.42. The number of nitrogens with zero attached hydrogens (tertiary/aromatic N) is 1. The molecule has 3 aromatic carbocycles. The van der Waals surface area contributed by atoms with Crippen LogP contribution in [0.25, 0.3) is 6.08 Å². The van der Waals surface area contributed by atoms with Crippen molar-refractivity contribution in [1.29, 1.82) is 0 Å². The van der Waals surface area contributed by atoms with Crippen LogP contribution in [0.1, 0.15) is 11.1 Å². The maximum absolute atomic E-state index is 12.3. The van der Waals surface area contributed by atoms with Gasteiger partial charge in [-0.2, -0.15) is 13.5 Å². The largest absolute Gasteiger partial charge is 0.423 e. The molecule has 0 aliphatic heterocycles. The van der Waals surface area contributed by atoms with Crippen molar-refractivity contribution in [3.63, 3.8) is 0 Å². The van der Waals surface area contributed by atoms with E-state index in [9.17, 15) is 13.2 Å². The summed E-state index contributed by atoms with van der Waals surface area (Å²) >= 11 is 9.11. The molecule has 0 atom stereocenters. The molecule has 158 valence electrons. The third kappa shape index (κ3) is 6.78. The van der Waals surface area contributed by atoms with Crippen LogP contribution in [0.15, 0.2) is 93.3 Å². The fraction of sp³-hybridized carbons (Fsp3) is 0. The Bertz CT molecular complexity index is 1230. The zero-order valence-electron chi connectivity index (χ0n) is 15.9. The Morgan fingerprint density at radius 2 is 1.74 bits per heavy atom. The van der Waals surface area contributed by atoms with Gasteiger partial charge in [-0.3, -0.25) is 0 Å². The lowest BCUT2D eigenvalue weighted by Gasteiger charge is -2.07. The van der Waals surface area contributed by atoms with E-state index in [1.165, 1.54) is 36.6 Å². The van der Waals surface area contributed by atoms with Crippen molar-refractivity contribution in [2.45, 2.75) is 4.90 Å². The molecule has 3 rings (SSSR count). The Balaban J connectivity index is 1.73. The van der Waals surface area contributed by atoms with Crippen LogP contribution in [0.2, 0.25) is 5.02 Å². The Morgan fingerprint density at radius 3 is 2.45 bits per heavy atom. The van der Waals surface area contributed by atoms with E-state index < -0.39 is 16.0 Å². The summed E-state index contributed by atoms with van der Waals surface area (Å²) in [5.74, 6) is -0.358. The first-order valence-corrected chi connectivity index (χ1v) is 11.5. The van der Waals surface area contributed by atoms with Gasteiger partial charge in [-0.1, -0.05) is 57.9 Å². The SMILES string of the molecule is O=C(/C=C/c1ccccc1)Oc1ccc(Br)cc1/C=N/NS(=O)(=O)c1ccc(Cl)cc1. The molecule has 0 aliphatic rings. The molecule has 0 aromatic heterocycles. The summed E-state index contributed by atoms with van der Waals surface area (Å²) in [4.78, 5) is 14.3. The van der Waals surface area contributed by atoms with E-state index in [0.717, 1.165) is 5.56 Å². The fourth-order valence-corrected chi connectivity index (χ4v) is 3.71. The molecule has 0 radical (unpaired) electrons. The number of ether oxygens (including phenoxy) is 1. The number of carbonyl (C=O) groups is 1. The number of carbonyl (C=O) groups excluding carboxylic acids is 1. The van der Waals surface area contributed by atoms with Gasteiger partial charge in [-0.25, -0.2) is 9.63 Å². The molecule has 0 spiro atoms. The van der Waals surface area contributed by atoms with Gasteiger partial charge in [-0.15, -0.1) is 0 Å². The Kier molecular flexibility index (Phi) is 7.62. The van der Waals surface area contributed by atoms with Crippen LogP contribution < -0.4 is 9.57 Å². The number of nitrogens with one attached hydrogen (secondary N) is 1. The molecule has 0 bridgehead atoms. The van der Waals surface area contributed by atoms with E-state index in [-0.39, 0.29) is 10.6 Å². The molecule has 0 aliphatic carbocycles. The molecular formula is C22H16BrClN2O4S. The highest BCUT2D eigenvalue weighted by Gasteiger charge is 2.13. The van der Waals surface area contributed by atoms with E-state index in [2.05, 4.69) is 25.9 Å². The zero-order valence-corrected chi connectivity index (χ0v) is 19.1. The third-order valence-corrected chi connectivity index (χ3v) is 5.88. The average molecular weight is 520 g/mol. The first kappa shape index (κ1) is 22.7. The number of hydrogen-bond donors (Lipinski definition) is 1. The molecule has 31 heavy (non-hydrogen) atoms. The van der Waals surface area contributed by atoms with E-state index in [0.29, 0.717) is 15.1 Å². The van der Waals surface area contributed by atoms with Crippen LogP contribution in [-0.4, -0.2) is 20.6 Å². The van der Waals surface area contributed by atoms with E-state index in [1.807, 2.05) is 30.3 Å². The lowest BCUT2D eigenvalue weighted by molar-refractivity contribution is -0.128. The zero-order chi connectivity index (χ0) is 22.3. The van der Waals surface area contributed by atoms with Gasteiger partial charge >= 0.3 is 5.97 Å². The second kappa shape index (κ2) is 10.4. The Hall–Kier alpha value is -2.94. The monoisotopic (exact) mass is 518 g/mol. The number of sulfonamides is 1. The van der Waals surface area contributed by atoms with Gasteiger partial charge in [0.25, 0.3) is 10.0 Å². The normalized spacial score (nSPS) is 11.7. The number of rotatable bonds is 7. The summed E-state index contributed by atoms with van der Waals surface area (Å²) in [6.07, 6.45) is 4.19. The minimum Gasteiger partial charge on any atom is -0.423 e. The van der Waals surface area contributed by atoms with Crippen molar-refractivity contribution in [2.24, 2.45) is 5.10 Å². The number of hydrogen-bond acceptors (Lipinski definition) is 5. The summed E-state index contributed by atoms with van der Waals surface area (Å²) in [5, 5.41) is 4.21. The van der Waals surface area contributed by atoms with Gasteiger partial charge in [0, 0.05) is 21.1 Å². The van der Waals surface area contributed by atoms with Crippen LogP contribution >= 0.6 is 27.5 Å². The van der Waals surface area contributed by atoms with Crippen molar-refractivity contribution in [3.8, 4) is 5.75 Å². The number of halogens is 2. The Morgan fingerprint density at radius 1 is 1.03 bits per heavy atom. The second-order valence-electron chi connectivity index (χ2n) is 6.15. The highest BCUT2D eigenvalue weighted by atomic mass is 79.9. The number of benzene rings is 3. The van der Waals surface area contributed by atoms with Crippen LogP contribution in [-0.2, 0) is 14.8 Å². The molecule has 0 fully saturated rings. The standard InChI is InChI=1S/C22H16BrClN2O4S/c23-18-7-12-21(30-22(27)13-6-16-4-2-1-3-5-16)17(14-18)15-25-26-31(28,29)20-10-8-19(24)9-11-20/h1-15,26H/b13-6+,25-15+. The molecule has 0 amide bonds. The molecule has 0 saturated heterocycles. The highest BCUT2D eigenvalue weighted by Crippen LogP contribution is 2.22.